The molecule has 27 heavy (non-hydrogen) atoms. The van der Waals surface area contributed by atoms with Crippen molar-refractivity contribution in [3.63, 3.8) is 0 Å². The molecule has 0 atom stereocenters. The van der Waals surface area contributed by atoms with Crippen molar-refractivity contribution >= 4 is 23.3 Å². The number of nitrogens with one attached hydrogen (secondary N) is 1. The molecule has 0 unspecified atom stereocenters. The molecule has 0 saturated carbocycles. The van der Waals surface area contributed by atoms with Crippen LogP contribution in [0.4, 0.5) is 19.0 Å². The first kappa shape index (κ1) is 18.9. The van der Waals surface area contributed by atoms with E-state index in [1.165, 1.54) is 16.9 Å². The molecule has 0 saturated heterocycles. The van der Waals surface area contributed by atoms with E-state index >= 15 is 0 Å². The van der Waals surface area contributed by atoms with Gasteiger partial charge in [0.25, 0.3) is 5.91 Å². The molecule has 3 aromatic rings. The van der Waals surface area contributed by atoms with Gasteiger partial charge < -0.3 is 5.32 Å². The van der Waals surface area contributed by atoms with Gasteiger partial charge in [0.2, 0.25) is 0 Å². The molecule has 2 heterocycles. The number of rotatable bonds is 4. The van der Waals surface area contributed by atoms with Crippen LogP contribution in [0.3, 0.4) is 0 Å². The highest BCUT2D eigenvalue weighted by Crippen LogP contribution is 2.30. The maximum absolute atomic E-state index is 13.1. The third-order valence-electron chi connectivity index (χ3n) is 3.82. The van der Waals surface area contributed by atoms with E-state index in [0.717, 1.165) is 17.8 Å². The highest BCUT2D eigenvalue weighted by molar-refractivity contribution is 6.30. The molecule has 0 spiro atoms. The molecular weight excluding hydrogens is 381 g/mol. The standard InChI is InChI=1S/C18H14ClF3N4O/c1-11-9-24-26(10-12-4-6-13(19)7-5-12)16(11)25-17(27)14-3-2-8-23-15(14)18(20,21)22/h2-9H,10H2,1H3,(H,25,27). The molecule has 5 nitrogen and oxygen atoms in total. The minimum Gasteiger partial charge on any atom is -0.306 e. The minimum absolute atomic E-state index is 0.312. The highest BCUT2D eigenvalue weighted by atomic mass is 35.5. The van der Waals surface area contributed by atoms with Gasteiger partial charge in [-0.2, -0.15) is 18.3 Å². The molecule has 3 rings (SSSR count). The minimum atomic E-state index is -4.73. The molecule has 0 fully saturated rings. The number of anilines is 1. The third kappa shape index (κ3) is 4.28. The molecule has 0 aliphatic rings. The maximum atomic E-state index is 13.1. The number of aromatic nitrogens is 3. The molecule has 1 aromatic carbocycles. The molecule has 9 heteroatoms. The molecular formula is C18H14ClF3N4O. The van der Waals surface area contributed by atoms with Gasteiger partial charge in [-0.1, -0.05) is 23.7 Å². The molecule has 1 amide bonds. The van der Waals surface area contributed by atoms with Gasteiger partial charge in [-0.05, 0) is 36.8 Å². The van der Waals surface area contributed by atoms with Gasteiger partial charge in [0.15, 0.2) is 5.69 Å². The summed E-state index contributed by atoms with van der Waals surface area (Å²) in [6.07, 6.45) is -2.21. The summed E-state index contributed by atoms with van der Waals surface area (Å²) in [4.78, 5) is 15.8. The first-order chi connectivity index (χ1) is 12.8. The maximum Gasteiger partial charge on any atom is 0.434 e. The van der Waals surface area contributed by atoms with Gasteiger partial charge in [-0.3, -0.25) is 9.78 Å². The molecule has 0 aliphatic carbocycles. The van der Waals surface area contributed by atoms with Gasteiger partial charge in [0, 0.05) is 16.8 Å². The fraction of sp³-hybridized carbons (Fsp3) is 0.167. The number of hydrogen-bond donors (Lipinski definition) is 1. The summed E-state index contributed by atoms with van der Waals surface area (Å²) in [6, 6.07) is 9.40. The van der Waals surface area contributed by atoms with Crippen LogP contribution in [0.25, 0.3) is 0 Å². The van der Waals surface area contributed by atoms with E-state index in [1.807, 2.05) is 0 Å². The van der Waals surface area contributed by atoms with E-state index in [0.29, 0.717) is 22.9 Å². The molecule has 2 aromatic heterocycles. The van der Waals surface area contributed by atoms with Crippen LogP contribution in [0.1, 0.15) is 27.2 Å². The monoisotopic (exact) mass is 394 g/mol. The number of alkyl halides is 3. The van der Waals surface area contributed by atoms with E-state index in [9.17, 15) is 18.0 Å². The van der Waals surface area contributed by atoms with E-state index < -0.39 is 23.3 Å². The predicted octanol–water partition coefficient (Wildman–Crippen LogP) is 4.56. The average molecular weight is 395 g/mol. The summed E-state index contributed by atoms with van der Waals surface area (Å²) in [5.41, 5.74) is -0.294. The van der Waals surface area contributed by atoms with Crippen molar-refractivity contribution in [1.82, 2.24) is 14.8 Å². The lowest BCUT2D eigenvalue weighted by Gasteiger charge is -2.13. The number of hydrogen-bond acceptors (Lipinski definition) is 3. The lowest BCUT2D eigenvalue weighted by atomic mass is 10.1. The average Bonchev–Trinajstić information content (AvgIpc) is 2.96. The second kappa shape index (κ2) is 7.40. The Bertz CT molecular complexity index is 967. The zero-order valence-electron chi connectivity index (χ0n) is 14.1. The highest BCUT2D eigenvalue weighted by Gasteiger charge is 2.37. The molecule has 0 aliphatic heterocycles. The van der Waals surface area contributed by atoms with Crippen molar-refractivity contribution < 1.29 is 18.0 Å². The second-order valence-corrected chi connectivity index (χ2v) is 6.25. The third-order valence-corrected chi connectivity index (χ3v) is 4.07. The largest absolute Gasteiger partial charge is 0.434 e. The SMILES string of the molecule is Cc1cnn(Cc2ccc(Cl)cc2)c1NC(=O)c1cccnc1C(F)(F)F. The number of aryl methyl sites for hydroxylation is 1. The fourth-order valence-corrected chi connectivity index (χ4v) is 2.64. The summed E-state index contributed by atoms with van der Waals surface area (Å²) >= 11 is 5.86. The summed E-state index contributed by atoms with van der Waals surface area (Å²) < 4.78 is 40.8. The van der Waals surface area contributed by atoms with Crippen molar-refractivity contribution in [3.8, 4) is 0 Å². The summed E-state index contributed by atoms with van der Waals surface area (Å²) in [5.74, 6) is -0.594. The summed E-state index contributed by atoms with van der Waals surface area (Å²) in [5, 5.41) is 7.28. The zero-order valence-corrected chi connectivity index (χ0v) is 14.8. The number of amides is 1. The predicted molar refractivity (Wildman–Crippen MR) is 94.7 cm³/mol. The van der Waals surface area contributed by atoms with Gasteiger partial charge >= 0.3 is 6.18 Å². The van der Waals surface area contributed by atoms with Crippen molar-refractivity contribution in [2.45, 2.75) is 19.6 Å². The fourth-order valence-electron chi connectivity index (χ4n) is 2.51. The van der Waals surface area contributed by atoms with Crippen LogP contribution < -0.4 is 5.32 Å². The van der Waals surface area contributed by atoms with Crippen LogP contribution in [-0.4, -0.2) is 20.7 Å². The van der Waals surface area contributed by atoms with Gasteiger partial charge in [-0.15, -0.1) is 0 Å². The van der Waals surface area contributed by atoms with E-state index in [-0.39, 0.29) is 0 Å². The molecule has 1 N–H and O–H groups in total. The molecule has 140 valence electrons. The second-order valence-electron chi connectivity index (χ2n) is 5.81. The number of nitrogens with zero attached hydrogens (tertiary/aromatic N) is 3. The Kier molecular flexibility index (Phi) is 5.18. The van der Waals surface area contributed by atoms with Crippen molar-refractivity contribution in [2.24, 2.45) is 0 Å². The van der Waals surface area contributed by atoms with Crippen molar-refractivity contribution in [3.05, 3.63) is 76.2 Å². The lowest BCUT2D eigenvalue weighted by molar-refractivity contribution is -0.141. The smallest absolute Gasteiger partial charge is 0.306 e. The number of carbonyl (C=O) groups excluding carboxylic acids is 1. The normalized spacial score (nSPS) is 11.4. The Balaban J connectivity index is 1.88. The number of benzene rings is 1. The quantitative estimate of drug-likeness (QED) is 0.705. The molecule has 0 radical (unpaired) electrons. The van der Waals surface area contributed by atoms with Gasteiger partial charge in [0.05, 0.1) is 18.3 Å². The summed E-state index contributed by atoms with van der Waals surface area (Å²) in [6.45, 7) is 2.02. The summed E-state index contributed by atoms with van der Waals surface area (Å²) in [7, 11) is 0. The van der Waals surface area contributed by atoms with E-state index in [4.69, 9.17) is 11.6 Å². The first-order valence-corrected chi connectivity index (χ1v) is 8.24. The van der Waals surface area contributed by atoms with Gasteiger partial charge in [0.1, 0.15) is 5.82 Å². The number of carbonyl (C=O) groups is 1. The van der Waals surface area contributed by atoms with Crippen LogP contribution in [0.5, 0.6) is 0 Å². The Labute approximate surface area is 157 Å². The zero-order chi connectivity index (χ0) is 19.6. The van der Waals surface area contributed by atoms with E-state index in [1.54, 1.807) is 31.2 Å². The Hall–Kier alpha value is -2.87. The number of pyridine rings is 1. The van der Waals surface area contributed by atoms with Crippen LogP contribution in [0.2, 0.25) is 5.02 Å². The van der Waals surface area contributed by atoms with Crippen LogP contribution in [-0.2, 0) is 12.7 Å². The molecule has 0 bridgehead atoms. The van der Waals surface area contributed by atoms with Crippen LogP contribution in [0, 0.1) is 6.92 Å². The van der Waals surface area contributed by atoms with Crippen molar-refractivity contribution in [2.75, 3.05) is 5.32 Å². The van der Waals surface area contributed by atoms with Crippen molar-refractivity contribution in [1.29, 1.82) is 0 Å². The Morgan fingerprint density at radius 1 is 1.22 bits per heavy atom. The van der Waals surface area contributed by atoms with Crippen LogP contribution in [0.15, 0.2) is 48.8 Å². The Morgan fingerprint density at radius 2 is 1.93 bits per heavy atom. The van der Waals surface area contributed by atoms with Gasteiger partial charge in [-0.25, -0.2) is 4.68 Å². The van der Waals surface area contributed by atoms with E-state index in [2.05, 4.69) is 15.4 Å². The topological polar surface area (TPSA) is 59.8 Å². The lowest BCUT2D eigenvalue weighted by Crippen LogP contribution is -2.22. The first-order valence-electron chi connectivity index (χ1n) is 7.86. The number of halogens is 4. The Morgan fingerprint density at radius 3 is 2.59 bits per heavy atom. The van der Waals surface area contributed by atoms with Crippen LogP contribution >= 0.6 is 11.6 Å².